The molecule has 0 aliphatic rings. The van der Waals surface area contributed by atoms with E-state index in [-0.39, 0.29) is 18.2 Å². The van der Waals surface area contributed by atoms with Crippen molar-refractivity contribution in [3.8, 4) is 5.75 Å². The zero-order valence-corrected chi connectivity index (χ0v) is 14.4. The first-order valence-electron chi connectivity index (χ1n) is 7.47. The predicted molar refractivity (Wildman–Crippen MR) is 97.3 cm³/mol. The number of anilines is 1. The average molecular weight is 361 g/mol. The molecule has 2 aromatic rings. The number of allylic oxidation sites excluding steroid dienone is 1. The molecule has 1 N–H and O–H groups in total. The summed E-state index contributed by atoms with van der Waals surface area (Å²) in [6.45, 7) is 5.25. The van der Waals surface area contributed by atoms with E-state index in [0.717, 1.165) is 5.56 Å². The smallest absolute Gasteiger partial charge is 0.269 e. The van der Waals surface area contributed by atoms with Crippen LogP contribution in [0.3, 0.4) is 0 Å². The first-order valence-corrected chi connectivity index (χ1v) is 7.85. The van der Waals surface area contributed by atoms with E-state index in [4.69, 9.17) is 16.3 Å². The van der Waals surface area contributed by atoms with Gasteiger partial charge in [-0.15, -0.1) is 6.58 Å². The lowest BCUT2D eigenvalue weighted by molar-refractivity contribution is -0.384. The van der Waals surface area contributed by atoms with Crippen molar-refractivity contribution in [2.75, 3.05) is 11.9 Å². The van der Waals surface area contributed by atoms with Crippen molar-refractivity contribution in [1.82, 2.24) is 0 Å². The van der Waals surface area contributed by atoms with Gasteiger partial charge in [-0.3, -0.25) is 14.9 Å². The number of carbonyl (C=O) groups is 1. The number of hydrogen-bond acceptors (Lipinski definition) is 4. The van der Waals surface area contributed by atoms with Gasteiger partial charge in [-0.1, -0.05) is 23.7 Å². The molecule has 0 fully saturated rings. The maximum Gasteiger partial charge on any atom is 0.269 e. The van der Waals surface area contributed by atoms with Gasteiger partial charge in [0.05, 0.1) is 4.92 Å². The van der Waals surface area contributed by atoms with Crippen molar-refractivity contribution in [2.45, 2.75) is 13.3 Å². The van der Waals surface area contributed by atoms with Crippen LogP contribution in [0, 0.1) is 17.0 Å². The fourth-order valence-corrected chi connectivity index (χ4v) is 2.37. The van der Waals surface area contributed by atoms with E-state index in [1.54, 1.807) is 24.3 Å². The second-order valence-corrected chi connectivity index (χ2v) is 5.77. The van der Waals surface area contributed by atoms with Gasteiger partial charge < -0.3 is 10.1 Å². The lowest BCUT2D eigenvalue weighted by Gasteiger charge is -2.12. The average Bonchev–Trinajstić information content (AvgIpc) is 2.57. The number of ether oxygens (including phenoxy) is 1. The van der Waals surface area contributed by atoms with E-state index < -0.39 is 4.92 Å². The molecule has 0 aliphatic carbocycles. The fourth-order valence-electron chi connectivity index (χ4n) is 2.19. The number of halogens is 1. The number of nitrogens with one attached hydrogen (secondary N) is 1. The number of carbonyl (C=O) groups excluding carboxylic acids is 1. The van der Waals surface area contributed by atoms with Crippen LogP contribution >= 0.6 is 11.6 Å². The lowest BCUT2D eigenvalue weighted by Crippen LogP contribution is -2.21. The van der Waals surface area contributed by atoms with Gasteiger partial charge in [0.25, 0.3) is 11.6 Å². The zero-order chi connectivity index (χ0) is 18.4. The van der Waals surface area contributed by atoms with Crippen LogP contribution in [0.1, 0.15) is 11.1 Å². The number of hydrogen-bond donors (Lipinski definition) is 1. The van der Waals surface area contributed by atoms with Gasteiger partial charge in [-0.05, 0) is 37.1 Å². The van der Waals surface area contributed by atoms with E-state index in [2.05, 4.69) is 11.9 Å². The van der Waals surface area contributed by atoms with Crippen LogP contribution in [0.15, 0.2) is 49.1 Å². The molecule has 0 radical (unpaired) electrons. The maximum atomic E-state index is 12.1. The minimum Gasteiger partial charge on any atom is -0.483 e. The van der Waals surface area contributed by atoms with Gasteiger partial charge in [0.1, 0.15) is 5.75 Å². The van der Waals surface area contributed by atoms with Crippen LogP contribution in [-0.2, 0) is 11.2 Å². The molecule has 0 aromatic heterocycles. The van der Waals surface area contributed by atoms with Crippen molar-refractivity contribution in [3.63, 3.8) is 0 Å². The molecule has 6 nitrogen and oxygen atoms in total. The molecule has 0 unspecified atom stereocenters. The van der Waals surface area contributed by atoms with Crippen molar-refractivity contribution < 1.29 is 14.5 Å². The summed E-state index contributed by atoms with van der Waals surface area (Å²) in [7, 11) is 0. The van der Waals surface area contributed by atoms with Crippen LogP contribution in [0.2, 0.25) is 5.02 Å². The van der Waals surface area contributed by atoms with E-state index >= 15 is 0 Å². The molecule has 7 heteroatoms. The number of nitro groups is 1. The number of benzene rings is 2. The molecule has 0 spiro atoms. The van der Waals surface area contributed by atoms with Crippen molar-refractivity contribution >= 4 is 28.9 Å². The molecule has 1 amide bonds. The van der Waals surface area contributed by atoms with Crippen molar-refractivity contribution in [3.05, 3.63) is 75.3 Å². The third kappa shape index (κ3) is 5.06. The van der Waals surface area contributed by atoms with E-state index in [9.17, 15) is 14.9 Å². The summed E-state index contributed by atoms with van der Waals surface area (Å²) in [6.07, 6.45) is 2.01. The highest BCUT2D eigenvalue weighted by Crippen LogP contribution is 2.25. The topological polar surface area (TPSA) is 81.5 Å². The normalized spacial score (nSPS) is 10.2. The monoisotopic (exact) mass is 360 g/mol. The number of non-ortho nitro benzene ring substituents is 1. The van der Waals surface area contributed by atoms with Crippen LogP contribution in [-0.4, -0.2) is 17.4 Å². The highest BCUT2D eigenvalue weighted by Gasteiger charge is 2.13. The number of rotatable bonds is 7. The largest absolute Gasteiger partial charge is 0.483 e. The molecule has 0 heterocycles. The standard InChI is InChI=1S/C18H17ClN2O4/c1-3-4-13-9-15(21(23)24)7-8-17(13)25-11-18(22)20-16-10-14(19)6-5-12(16)2/h3,5-10H,1,4,11H2,2H3,(H,20,22). The molecule has 2 rings (SSSR count). The predicted octanol–water partition coefficient (Wildman–Crippen LogP) is 4.30. The van der Waals surface area contributed by atoms with Gasteiger partial charge >= 0.3 is 0 Å². The molecule has 0 saturated carbocycles. The Balaban J connectivity index is 2.07. The van der Waals surface area contributed by atoms with Gasteiger partial charge in [0.2, 0.25) is 0 Å². The molecular formula is C18H17ClN2O4. The Morgan fingerprint density at radius 2 is 2.12 bits per heavy atom. The lowest BCUT2D eigenvalue weighted by atomic mass is 10.1. The Morgan fingerprint density at radius 1 is 1.36 bits per heavy atom. The number of aryl methyl sites for hydroxylation is 1. The molecule has 2 aromatic carbocycles. The SMILES string of the molecule is C=CCc1cc([N+](=O)[O-])ccc1OCC(=O)Nc1cc(Cl)ccc1C. The summed E-state index contributed by atoms with van der Waals surface area (Å²) in [4.78, 5) is 22.5. The Morgan fingerprint density at radius 3 is 2.80 bits per heavy atom. The highest BCUT2D eigenvalue weighted by molar-refractivity contribution is 6.31. The summed E-state index contributed by atoms with van der Waals surface area (Å²) >= 11 is 5.92. The quantitative estimate of drug-likeness (QED) is 0.453. The Labute approximate surface area is 150 Å². The number of nitrogens with zero attached hydrogens (tertiary/aromatic N) is 1. The van der Waals surface area contributed by atoms with Gasteiger partial charge in [-0.2, -0.15) is 0 Å². The number of nitro benzene ring substituents is 1. The summed E-state index contributed by atoms with van der Waals surface area (Å²) in [5.74, 6) is 0.0525. The van der Waals surface area contributed by atoms with E-state index in [1.165, 1.54) is 18.2 Å². The third-order valence-corrected chi connectivity index (χ3v) is 3.69. The Hall–Kier alpha value is -2.86. The maximum absolute atomic E-state index is 12.1. The molecule has 0 bridgehead atoms. The van der Waals surface area contributed by atoms with Gasteiger partial charge in [0, 0.05) is 28.4 Å². The first kappa shape index (κ1) is 18.5. The second-order valence-electron chi connectivity index (χ2n) is 5.34. The van der Waals surface area contributed by atoms with Crippen LogP contribution in [0.25, 0.3) is 0 Å². The van der Waals surface area contributed by atoms with E-state index in [0.29, 0.717) is 28.4 Å². The summed E-state index contributed by atoms with van der Waals surface area (Å²) < 4.78 is 5.51. The molecule has 0 atom stereocenters. The highest BCUT2D eigenvalue weighted by atomic mass is 35.5. The number of amides is 1. The zero-order valence-electron chi connectivity index (χ0n) is 13.6. The molecular weight excluding hydrogens is 344 g/mol. The third-order valence-electron chi connectivity index (χ3n) is 3.45. The Kier molecular flexibility index (Phi) is 6.14. The van der Waals surface area contributed by atoms with Crippen molar-refractivity contribution in [1.29, 1.82) is 0 Å². The molecule has 0 saturated heterocycles. The van der Waals surface area contributed by atoms with Crippen LogP contribution in [0.5, 0.6) is 5.75 Å². The minimum absolute atomic E-state index is 0.0387. The second kappa shape index (κ2) is 8.30. The van der Waals surface area contributed by atoms with Gasteiger partial charge in [0.15, 0.2) is 6.61 Å². The van der Waals surface area contributed by atoms with Crippen LogP contribution < -0.4 is 10.1 Å². The fraction of sp³-hybridized carbons (Fsp3) is 0.167. The first-order chi connectivity index (χ1) is 11.9. The molecule has 0 aliphatic heterocycles. The van der Waals surface area contributed by atoms with Crippen LogP contribution in [0.4, 0.5) is 11.4 Å². The Bertz CT molecular complexity index is 821. The molecule has 25 heavy (non-hydrogen) atoms. The minimum atomic E-state index is -0.481. The summed E-state index contributed by atoms with van der Waals surface area (Å²) in [6, 6.07) is 9.43. The summed E-state index contributed by atoms with van der Waals surface area (Å²) in [5.41, 5.74) is 2.04. The summed E-state index contributed by atoms with van der Waals surface area (Å²) in [5, 5.41) is 14.1. The van der Waals surface area contributed by atoms with Crippen molar-refractivity contribution in [2.24, 2.45) is 0 Å². The van der Waals surface area contributed by atoms with E-state index in [1.807, 2.05) is 6.92 Å². The molecule has 130 valence electrons. The van der Waals surface area contributed by atoms with Gasteiger partial charge in [-0.25, -0.2) is 0 Å².